The number of allylic oxidation sites excluding steroid dienone is 1. The molecular formula is C8H8BrCl2NO2S2. The van der Waals surface area contributed by atoms with Crippen molar-refractivity contribution in [3.05, 3.63) is 27.0 Å². The minimum absolute atomic E-state index is 0.184. The van der Waals surface area contributed by atoms with Gasteiger partial charge in [-0.15, -0.1) is 22.9 Å². The highest BCUT2D eigenvalue weighted by Gasteiger charge is 2.17. The second-order valence-electron chi connectivity index (χ2n) is 2.66. The summed E-state index contributed by atoms with van der Waals surface area (Å²) in [6.45, 7) is 0.211. The van der Waals surface area contributed by atoms with Crippen molar-refractivity contribution in [2.75, 3.05) is 12.4 Å². The van der Waals surface area contributed by atoms with Crippen LogP contribution in [0.1, 0.15) is 0 Å². The summed E-state index contributed by atoms with van der Waals surface area (Å²) < 4.78 is 26.6. The predicted molar refractivity (Wildman–Crippen MR) is 72.1 cm³/mol. The molecule has 0 saturated heterocycles. The Kier molecular flexibility index (Phi) is 5.76. The molecule has 0 fully saturated rings. The average molecular weight is 365 g/mol. The lowest BCUT2D eigenvalue weighted by molar-refractivity contribution is 0.587. The van der Waals surface area contributed by atoms with Crippen molar-refractivity contribution >= 4 is 60.5 Å². The summed E-state index contributed by atoms with van der Waals surface area (Å²) in [4.78, 5) is 0. The van der Waals surface area contributed by atoms with Crippen LogP contribution in [0.15, 0.2) is 26.2 Å². The Labute approximate surface area is 117 Å². The van der Waals surface area contributed by atoms with E-state index in [1.807, 2.05) is 0 Å². The van der Waals surface area contributed by atoms with Crippen molar-refractivity contribution in [1.82, 2.24) is 4.72 Å². The fraction of sp³-hybridized carbons (Fsp3) is 0.250. The highest BCUT2D eigenvalue weighted by Crippen LogP contribution is 2.34. The van der Waals surface area contributed by atoms with E-state index in [9.17, 15) is 8.42 Å². The van der Waals surface area contributed by atoms with E-state index in [-0.39, 0.29) is 10.8 Å². The molecule has 0 atom stereocenters. The van der Waals surface area contributed by atoms with E-state index < -0.39 is 10.0 Å². The van der Waals surface area contributed by atoms with Crippen LogP contribution in [-0.2, 0) is 10.0 Å². The van der Waals surface area contributed by atoms with Crippen LogP contribution in [0.4, 0.5) is 0 Å². The maximum Gasteiger partial charge on any atom is 0.250 e. The van der Waals surface area contributed by atoms with Gasteiger partial charge in [-0.1, -0.05) is 23.8 Å². The zero-order chi connectivity index (χ0) is 12.2. The van der Waals surface area contributed by atoms with Crippen molar-refractivity contribution in [2.45, 2.75) is 4.21 Å². The molecule has 1 N–H and O–H groups in total. The molecular weight excluding hydrogens is 357 g/mol. The van der Waals surface area contributed by atoms with Crippen LogP contribution in [0.2, 0.25) is 5.02 Å². The van der Waals surface area contributed by atoms with Crippen molar-refractivity contribution in [3.8, 4) is 0 Å². The Hall–Kier alpha value is 0.410. The first kappa shape index (κ1) is 14.5. The zero-order valence-corrected chi connectivity index (χ0v) is 12.6. The minimum Gasteiger partial charge on any atom is -0.207 e. The predicted octanol–water partition coefficient (Wildman–Crippen LogP) is 3.24. The minimum atomic E-state index is -3.48. The Balaban J connectivity index is 2.74. The summed E-state index contributed by atoms with van der Waals surface area (Å²) in [5, 5.41) is 0.390. The normalized spacial score (nSPS) is 12.4. The van der Waals surface area contributed by atoms with Gasteiger partial charge >= 0.3 is 0 Å². The number of halogens is 3. The van der Waals surface area contributed by atoms with Gasteiger partial charge in [0, 0.05) is 12.4 Å². The average Bonchev–Trinajstić information content (AvgIpc) is 2.55. The summed E-state index contributed by atoms with van der Waals surface area (Å²) in [6.07, 6.45) is 3.32. The van der Waals surface area contributed by atoms with Crippen LogP contribution in [0, 0.1) is 0 Å². The van der Waals surface area contributed by atoms with E-state index in [1.165, 1.54) is 6.07 Å². The molecule has 1 aromatic rings. The highest BCUT2D eigenvalue weighted by molar-refractivity contribution is 9.11. The fourth-order valence-corrected chi connectivity index (χ4v) is 4.38. The van der Waals surface area contributed by atoms with Crippen LogP contribution in [0.5, 0.6) is 0 Å². The Morgan fingerprint density at radius 1 is 1.50 bits per heavy atom. The van der Waals surface area contributed by atoms with E-state index in [0.29, 0.717) is 14.7 Å². The fourth-order valence-electron chi connectivity index (χ4n) is 0.834. The second kappa shape index (κ2) is 6.37. The molecule has 0 unspecified atom stereocenters. The molecule has 1 rings (SSSR count). The Morgan fingerprint density at radius 3 is 2.69 bits per heavy atom. The molecule has 0 radical (unpaired) electrons. The molecule has 0 spiro atoms. The van der Waals surface area contributed by atoms with E-state index in [2.05, 4.69) is 20.7 Å². The highest BCUT2D eigenvalue weighted by atomic mass is 79.9. The van der Waals surface area contributed by atoms with Crippen LogP contribution in [-0.4, -0.2) is 20.8 Å². The molecule has 16 heavy (non-hydrogen) atoms. The van der Waals surface area contributed by atoms with Gasteiger partial charge in [-0.2, -0.15) is 0 Å². The molecule has 0 saturated carbocycles. The maximum atomic E-state index is 11.7. The number of thiophene rings is 1. The molecule has 8 heteroatoms. The third-order valence-electron chi connectivity index (χ3n) is 1.53. The lowest BCUT2D eigenvalue weighted by atomic mass is 10.5. The van der Waals surface area contributed by atoms with Crippen molar-refractivity contribution in [1.29, 1.82) is 0 Å². The maximum absolute atomic E-state index is 11.7. The van der Waals surface area contributed by atoms with Crippen molar-refractivity contribution < 1.29 is 8.42 Å². The van der Waals surface area contributed by atoms with Gasteiger partial charge in [0.15, 0.2) is 0 Å². The quantitative estimate of drug-likeness (QED) is 0.643. The SMILES string of the molecule is O=S(=O)(NC/C=C/CCl)c1cc(Cl)c(Br)s1. The first-order valence-electron chi connectivity index (χ1n) is 4.13. The molecule has 90 valence electrons. The molecule has 0 aromatic carbocycles. The van der Waals surface area contributed by atoms with Gasteiger partial charge < -0.3 is 0 Å². The largest absolute Gasteiger partial charge is 0.250 e. The lowest BCUT2D eigenvalue weighted by Gasteiger charge is -2.00. The first-order valence-corrected chi connectivity index (χ1v) is 8.13. The topological polar surface area (TPSA) is 46.2 Å². The summed E-state index contributed by atoms with van der Waals surface area (Å²) in [5.41, 5.74) is 0. The molecule has 0 bridgehead atoms. The molecule has 1 heterocycles. The summed E-state index contributed by atoms with van der Waals surface area (Å²) in [5.74, 6) is 0.359. The smallest absolute Gasteiger partial charge is 0.207 e. The number of alkyl halides is 1. The number of hydrogen-bond donors (Lipinski definition) is 1. The number of rotatable bonds is 5. The van der Waals surface area contributed by atoms with Gasteiger partial charge in [-0.3, -0.25) is 0 Å². The van der Waals surface area contributed by atoms with Gasteiger partial charge in [0.25, 0.3) is 0 Å². The molecule has 0 aliphatic carbocycles. The van der Waals surface area contributed by atoms with Crippen LogP contribution >= 0.6 is 50.5 Å². The summed E-state index contributed by atoms with van der Waals surface area (Å²) >= 11 is 15.4. The van der Waals surface area contributed by atoms with Gasteiger partial charge in [-0.05, 0) is 22.0 Å². The molecule has 0 amide bonds. The number of hydrogen-bond acceptors (Lipinski definition) is 3. The van der Waals surface area contributed by atoms with Gasteiger partial charge in [0.2, 0.25) is 10.0 Å². The van der Waals surface area contributed by atoms with Crippen molar-refractivity contribution in [3.63, 3.8) is 0 Å². The Morgan fingerprint density at radius 2 is 2.19 bits per heavy atom. The second-order valence-corrected chi connectivity index (χ2v) is 7.74. The van der Waals surface area contributed by atoms with E-state index >= 15 is 0 Å². The summed E-state index contributed by atoms with van der Waals surface area (Å²) in [6, 6.07) is 1.41. The zero-order valence-electron chi connectivity index (χ0n) is 7.91. The first-order chi connectivity index (χ1) is 7.47. The third-order valence-corrected chi connectivity index (χ3v) is 6.08. The third kappa shape index (κ3) is 4.01. The van der Waals surface area contributed by atoms with E-state index in [0.717, 1.165) is 11.3 Å². The van der Waals surface area contributed by atoms with E-state index in [1.54, 1.807) is 12.2 Å². The van der Waals surface area contributed by atoms with E-state index in [4.69, 9.17) is 23.2 Å². The van der Waals surface area contributed by atoms with Crippen molar-refractivity contribution in [2.24, 2.45) is 0 Å². The molecule has 1 aromatic heterocycles. The van der Waals surface area contributed by atoms with Crippen LogP contribution < -0.4 is 4.72 Å². The Bertz CT molecular complexity index is 465. The molecule has 3 nitrogen and oxygen atoms in total. The monoisotopic (exact) mass is 363 g/mol. The van der Waals surface area contributed by atoms with Crippen LogP contribution in [0.25, 0.3) is 0 Å². The van der Waals surface area contributed by atoms with Crippen LogP contribution in [0.3, 0.4) is 0 Å². The van der Waals surface area contributed by atoms with Gasteiger partial charge in [0.1, 0.15) is 4.21 Å². The summed E-state index contributed by atoms with van der Waals surface area (Å²) in [7, 11) is -3.48. The number of nitrogens with one attached hydrogen (secondary N) is 1. The lowest BCUT2D eigenvalue weighted by Crippen LogP contribution is -2.22. The number of sulfonamides is 1. The van der Waals surface area contributed by atoms with Gasteiger partial charge in [-0.25, -0.2) is 13.1 Å². The van der Waals surface area contributed by atoms with Gasteiger partial charge in [0.05, 0.1) is 8.81 Å². The molecule has 0 aliphatic heterocycles. The molecule has 0 aliphatic rings. The standard InChI is InChI=1S/C8H8BrCl2NO2S2/c9-8-6(11)5-7(15-8)16(13,14)12-4-2-1-3-10/h1-2,5,12H,3-4H2/b2-1+.